The zero-order chi connectivity index (χ0) is 20.2. The Kier molecular flexibility index (Phi) is 7.39. The molecule has 1 aromatic heterocycles. The van der Waals surface area contributed by atoms with E-state index >= 15 is 0 Å². The number of carbonyl (C=O) groups is 1. The molecule has 15 heteroatoms. The molecule has 0 saturated carbocycles. The Bertz CT molecular complexity index is 682. The van der Waals surface area contributed by atoms with Gasteiger partial charge in [-0.05, 0) is 6.42 Å². The Labute approximate surface area is 153 Å². The molecule has 1 aliphatic heterocycles. The van der Waals surface area contributed by atoms with E-state index in [4.69, 9.17) is 25.1 Å². The van der Waals surface area contributed by atoms with E-state index in [1.807, 2.05) is 5.43 Å². The van der Waals surface area contributed by atoms with Gasteiger partial charge in [0.25, 0.3) is 5.91 Å². The van der Waals surface area contributed by atoms with E-state index in [-0.39, 0.29) is 25.3 Å². The predicted octanol–water partition coefficient (Wildman–Crippen LogP) is -3.73. The van der Waals surface area contributed by atoms with Crippen molar-refractivity contribution in [3.8, 4) is 0 Å². The number of hydrogen-bond acceptors (Lipinski definition) is 10. The maximum atomic E-state index is 11.3. The topological polar surface area (TPSA) is 223 Å². The molecule has 0 aromatic carbocycles. The normalized spacial score (nSPS) is 28.9. The van der Waals surface area contributed by atoms with Gasteiger partial charge in [0.2, 0.25) is 0 Å². The summed E-state index contributed by atoms with van der Waals surface area (Å²) in [6, 6.07) is 0. The summed E-state index contributed by atoms with van der Waals surface area (Å²) in [5.41, 5.74) is 1.89. The number of hydrazine groups is 1. The molecule has 0 radical (unpaired) electrons. The van der Waals surface area contributed by atoms with Crippen LogP contribution in [0.4, 0.5) is 0 Å². The Balaban J connectivity index is 1.89. The lowest BCUT2D eigenvalue weighted by Crippen LogP contribution is -2.58. The SMILES string of the molecule is NNC(=O)c1cn(CCOC2OC(CCP(=O)(O)O)C(O)C(O)C2O)nn1. The molecular formula is C12H22N5O9P. The van der Waals surface area contributed by atoms with Crippen molar-refractivity contribution in [2.75, 3.05) is 12.8 Å². The zero-order valence-electron chi connectivity index (χ0n) is 14.0. The summed E-state index contributed by atoms with van der Waals surface area (Å²) in [5, 5.41) is 37.0. The fourth-order valence-corrected chi connectivity index (χ4v) is 3.03. The van der Waals surface area contributed by atoms with E-state index < -0.39 is 50.4 Å². The van der Waals surface area contributed by atoms with Crippen LogP contribution in [0.3, 0.4) is 0 Å². The van der Waals surface area contributed by atoms with E-state index in [1.54, 1.807) is 0 Å². The lowest BCUT2D eigenvalue weighted by atomic mass is 9.97. The number of ether oxygens (including phenoxy) is 2. The summed E-state index contributed by atoms with van der Waals surface area (Å²) in [6.45, 7) is 0.0476. The van der Waals surface area contributed by atoms with Crippen LogP contribution in [0.1, 0.15) is 16.9 Å². The summed E-state index contributed by atoms with van der Waals surface area (Å²) in [4.78, 5) is 29.1. The van der Waals surface area contributed by atoms with Gasteiger partial charge < -0.3 is 34.6 Å². The fourth-order valence-electron chi connectivity index (χ4n) is 2.44. The first kappa shape index (κ1) is 21.8. The molecule has 1 amide bonds. The van der Waals surface area contributed by atoms with Crippen LogP contribution >= 0.6 is 7.60 Å². The number of hydrogen-bond donors (Lipinski definition) is 7. The van der Waals surface area contributed by atoms with Crippen LogP contribution in [0.15, 0.2) is 6.20 Å². The molecule has 5 unspecified atom stereocenters. The molecule has 0 aliphatic carbocycles. The number of rotatable bonds is 8. The highest BCUT2D eigenvalue weighted by Crippen LogP contribution is 2.37. The highest BCUT2D eigenvalue weighted by molar-refractivity contribution is 7.51. The van der Waals surface area contributed by atoms with Gasteiger partial charge >= 0.3 is 7.60 Å². The van der Waals surface area contributed by atoms with Gasteiger partial charge in [0.05, 0.1) is 31.6 Å². The Morgan fingerprint density at radius 2 is 2.04 bits per heavy atom. The third-order valence-electron chi connectivity index (χ3n) is 3.88. The summed E-state index contributed by atoms with van der Waals surface area (Å²) < 4.78 is 22.9. The van der Waals surface area contributed by atoms with E-state index in [1.165, 1.54) is 10.9 Å². The van der Waals surface area contributed by atoms with Gasteiger partial charge in [-0.15, -0.1) is 5.10 Å². The molecule has 1 fully saturated rings. The van der Waals surface area contributed by atoms with Crippen LogP contribution in [0.25, 0.3) is 0 Å². The van der Waals surface area contributed by atoms with Crippen molar-refractivity contribution in [1.29, 1.82) is 0 Å². The number of aliphatic hydroxyl groups excluding tert-OH is 3. The average Bonchev–Trinajstić information content (AvgIpc) is 3.08. The molecule has 8 N–H and O–H groups in total. The molecule has 0 bridgehead atoms. The van der Waals surface area contributed by atoms with Crippen LogP contribution in [-0.4, -0.2) is 89.5 Å². The van der Waals surface area contributed by atoms with Crippen molar-refractivity contribution in [1.82, 2.24) is 20.4 Å². The van der Waals surface area contributed by atoms with Crippen molar-refractivity contribution >= 4 is 13.5 Å². The third-order valence-corrected chi connectivity index (χ3v) is 4.72. The minimum atomic E-state index is -4.32. The molecule has 5 atom stereocenters. The second kappa shape index (κ2) is 9.14. The van der Waals surface area contributed by atoms with E-state index in [9.17, 15) is 24.7 Å². The molecule has 1 saturated heterocycles. The number of nitrogens with one attached hydrogen (secondary N) is 1. The third kappa shape index (κ3) is 6.00. The minimum absolute atomic E-state index is 0.0116. The largest absolute Gasteiger partial charge is 0.388 e. The lowest BCUT2D eigenvalue weighted by molar-refractivity contribution is -0.297. The maximum Gasteiger partial charge on any atom is 0.325 e. The molecule has 2 heterocycles. The quantitative estimate of drug-likeness (QED) is 0.0949. The van der Waals surface area contributed by atoms with Crippen molar-refractivity contribution in [2.24, 2.45) is 5.84 Å². The van der Waals surface area contributed by atoms with Gasteiger partial charge in [-0.2, -0.15) is 0 Å². The number of aromatic nitrogens is 3. The van der Waals surface area contributed by atoms with Gasteiger partial charge in [-0.3, -0.25) is 14.8 Å². The molecule has 27 heavy (non-hydrogen) atoms. The molecule has 0 spiro atoms. The zero-order valence-corrected chi connectivity index (χ0v) is 14.9. The Morgan fingerprint density at radius 3 is 2.67 bits per heavy atom. The predicted molar refractivity (Wildman–Crippen MR) is 85.8 cm³/mol. The lowest BCUT2D eigenvalue weighted by Gasteiger charge is -2.40. The highest BCUT2D eigenvalue weighted by atomic mass is 31.2. The number of amides is 1. The van der Waals surface area contributed by atoms with Crippen LogP contribution < -0.4 is 11.3 Å². The Hall–Kier alpha value is -1.48. The number of carbonyl (C=O) groups excluding carboxylic acids is 1. The molecule has 154 valence electrons. The maximum absolute atomic E-state index is 11.3. The van der Waals surface area contributed by atoms with Crippen molar-refractivity contribution in [2.45, 2.75) is 43.7 Å². The first-order chi connectivity index (χ1) is 12.6. The summed E-state index contributed by atoms with van der Waals surface area (Å²) >= 11 is 0. The monoisotopic (exact) mass is 411 g/mol. The van der Waals surface area contributed by atoms with E-state index in [0.717, 1.165) is 0 Å². The highest BCUT2D eigenvalue weighted by Gasteiger charge is 2.44. The van der Waals surface area contributed by atoms with Crippen LogP contribution in [0, 0.1) is 0 Å². The second-order valence-corrected chi connectivity index (χ2v) is 7.68. The number of nitrogens with two attached hydrogens (primary N) is 1. The van der Waals surface area contributed by atoms with Crippen molar-refractivity contribution < 1.29 is 43.9 Å². The van der Waals surface area contributed by atoms with E-state index in [0.29, 0.717) is 0 Å². The first-order valence-corrected chi connectivity index (χ1v) is 9.69. The summed E-state index contributed by atoms with van der Waals surface area (Å²) in [7, 11) is -4.32. The summed E-state index contributed by atoms with van der Waals surface area (Å²) in [5.74, 6) is 4.35. The molecule has 14 nitrogen and oxygen atoms in total. The van der Waals surface area contributed by atoms with Crippen LogP contribution in [0.2, 0.25) is 0 Å². The van der Waals surface area contributed by atoms with Gasteiger partial charge in [-0.25, -0.2) is 10.5 Å². The average molecular weight is 411 g/mol. The van der Waals surface area contributed by atoms with Gasteiger partial charge in [0.15, 0.2) is 12.0 Å². The van der Waals surface area contributed by atoms with Crippen LogP contribution in [0.5, 0.6) is 0 Å². The van der Waals surface area contributed by atoms with Crippen molar-refractivity contribution in [3.63, 3.8) is 0 Å². The van der Waals surface area contributed by atoms with Crippen LogP contribution in [-0.2, 0) is 20.6 Å². The van der Waals surface area contributed by atoms with Gasteiger partial charge in [0.1, 0.15) is 18.3 Å². The fraction of sp³-hybridized carbons (Fsp3) is 0.750. The number of aliphatic hydroxyl groups is 3. The van der Waals surface area contributed by atoms with Crippen molar-refractivity contribution in [3.05, 3.63) is 11.9 Å². The van der Waals surface area contributed by atoms with Gasteiger partial charge in [0, 0.05) is 0 Å². The number of nitrogen functional groups attached to an aromatic ring is 1. The molecule has 1 aromatic rings. The first-order valence-electron chi connectivity index (χ1n) is 7.89. The van der Waals surface area contributed by atoms with Gasteiger partial charge in [-0.1, -0.05) is 5.21 Å². The molecule has 2 rings (SSSR count). The second-order valence-electron chi connectivity index (χ2n) is 5.90. The molecular weight excluding hydrogens is 389 g/mol. The summed E-state index contributed by atoms with van der Waals surface area (Å²) in [6.07, 6.45) is -6.67. The smallest absolute Gasteiger partial charge is 0.325 e. The molecule has 1 aliphatic rings. The number of nitrogens with zero attached hydrogens (tertiary/aromatic N) is 3. The standard InChI is InChI=1S/C12H22N5O9P/c13-14-11(21)6-5-17(16-15-6)2-3-25-12-10(20)9(19)8(18)7(26-12)1-4-27(22,23)24/h5,7-10,12,18-20H,1-4,13H2,(H,14,21)(H2,22,23,24). The minimum Gasteiger partial charge on any atom is -0.388 e. The Morgan fingerprint density at radius 1 is 1.33 bits per heavy atom. The van der Waals surface area contributed by atoms with E-state index in [2.05, 4.69) is 10.3 Å².